The summed E-state index contributed by atoms with van der Waals surface area (Å²) in [6, 6.07) is 38.5. The van der Waals surface area contributed by atoms with Gasteiger partial charge in [0.05, 0.1) is 5.69 Å². The highest BCUT2D eigenvalue weighted by Gasteiger charge is 2.48. The van der Waals surface area contributed by atoms with Crippen LogP contribution >= 0.6 is 11.3 Å². The quantitative estimate of drug-likeness (QED) is 0.162. The Bertz CT molecular complexity index is 2610. The molecular weight excluding hydrogens is 707 g/mol. The first-order valence-electron chi connectivity index (χ1n) is 21.1. The number of nitrogens with zero attached hydrogens (tertiary/aromatic N) is 2. The minimum absolute atomic E-state index is 0.0416. The Morgan fingerprint density at radius 2 is 1.02 bits per heavy atom. The summed E-state index contributed by atoms with van der Waals surface area (Å²) in [5.41, 5.74) is 20.7. The molecule has 0 saturated heterocycles. The molecule has 0 fully saturated rings. The number of fused-ring (bicyclic) bond motifs is 7. The Kier molecular flexibility index (Phi) is 8.49. The third-order valence-electron chi connectivity index (χ3n) is 12.8. The van der Waals surface area contributed by atoms with Crippen molar-refractivity contribution < 1.29 is 0 Å². The first-order chi connectivity index (χ1) is 26.7. The zero-order valence-corrected chi connectivity index (χ0v) is 37.3. The van der Waals surface area contributed by atoms with Crippen molar-refractivity contribution in [1.29, 1.82) is 0 Å². The molecule has 6 aromatic rings. The van der Waals surface area contributed by atoms with Gasteiger partial charge in [-0.25, -0.2) is 0 Å². The SMILES string of the molecule is Cc1cc2c3c(c1)N(c1ccc(C(C)(C)C)cc1)c1c(sc4ccc(C(C)(C)C)cc14)B3C1=C(c3cc(C(C)(C)C)ccc3CC1)N2c1ccc(C(C)(C)C)cc1. The molecule has 2 aliphatic heterocycles. The van der Waals surface area contributed by atoms with Gasteiger partial charge in [-0.1, -0.05) is 131 Å². The van der Waals surface area contributed by atoms with Crippen molar-refractivity contribution in [1.82, 2.24) is 0 Å². The Hall–Kier alpha value is -4.54. The van der Waals surface area contributed by atoms with Crippen molar-refractivity contribution in [3.05, 3.63) is 141 Å². The molecule has 0 spiro atoms. The summed E-state index contributed by atoms with van der Waals surface area (Å²) >= 11 is 2.02. The predicted octanol–water partition coefficient (Wildman–Crippen LogP) is 13.8. The molecule has 9 rings (SSSR count). The van der Waals surface area contributed by atoms with Crippen LogP contribution in [0.25, 0.3) is 15.8 Å². The second-order valence-electron chi connectivity index (χ2n) is 21.2. The van der Waals surface area contributed by atoms with Crippen molar-refractivity contribution in [3.63, 3.8) is 0 Å². The lowest BCUT2D eigenvalue weighted by atomic mass is 9.34. The van der Waals surface area contributed by atoms with E-state index in [1.807, 2.05) is 11.3 Å². The van der Waals surface area contributed by atoms with Crippen LogP contribution in [-0.4, -0.2) is 6.71 Å². The molecule has 0 atom stereocenters. The molecule has 0 saturated carbocycles. The van der Waals surface area contributed by atoms with E-state index in [4.69, 9.17) is 0 Å². The van der Waals surface area contributed by atoms with Crippen LogP contribution < -0.4 is 20.0 Å². The van der Waals surface area contributed by atoms with E-state index < -0.39 is 0 Å². The monoisotopic (exact) mass is 766 g/mol. The van der Waals surface area contributed by atoms with Crippen LogP contribution in [0.15, 0.2) is 103 Å². The van der Waals surface area contributed by atoms with Crippen LogP contribution in [0.2, 0.25) is 0 Å². The van der Waals surface area contributed by atoms with E-state index in [9.17, 15) is 0 Å². The van der Waals surface area contributed by atoms with Gasteiger partial charge in [-0.3, -0.25) is 0 Å². The second-order valence-corrected chi connectivity index (χ2v) is 22.3. The van der Waals surface area contributed by atoms with Gasteiger partial charge in [0, 0.05) is 48.9 Å². The molecule has 3 aliphatic rings. The van der Waals surface area contributed by atoms with E-state index in [-0.39, 0.29) is 28.4 Å². The van der Waals surface area contributed by atoms with E-state index in [0.717, 1.165) is 12.8 Å². The molecule has 5 aromatic carbocycles. The van der Waals surface area contributed by atoms with Crippen LogP contribution in [0.1, 0.15) is 128 Å². The summed E-state index contributed by atoms with van der Waals surface area (Å²) in [6.07, 6.45) is 2.08. The van der Waals surface area contributed by atoms with Gasteiger partial charge in [0.1, 0.15) is 0 Å². The molecule has 0 unspecified atom stereocenters. The minimum Gasteiger partial charge on any atom is -0.311 e. The molecule has 0 N–H and O–H groups in total. The largest absolute Gasteiger partial charge is 0.311 e. The van der Waals surface area contributed by atoms with Crippen molar-refractivity contribution in [3.8, 4) is 0 Å². The fourth-order valence-corrected chi connectivity index (χ4v) is 10.8. The Labute approximate surface area is 346 Å². The van der Waals surface area contributed by atoms with Gasteiger partial charge in [-0.05, 0) is 135 Å². The molecule has 57 heavy (non-hydrogen) atoms. The molecule has 2 nitrogen and oxygen atoms in total. The van der Waals surface area contributed by atoms with Crippen LogP contribution in [0.5, 0.6) is 0 Å². The third kappa shape index (κ3) is 6.20. The zero-order chi connectivity index (χ0) is 40.6. The van der Waals surface area contributed by atoms with Gasteiger partial charge in [-0.15, -0.1) is 11.3 Å². The van der Waals surface area contributed by atoms with Crippen LogP contribution in [0.4, 0.5) is 28.4 Å². The normalized spacial score (nSPS) is 15.5. The predicted molar refractivity (Wildman–Crippen MR) is 251 cm³/mol. The van der Waals surface area contributed by atoms with E-state index in [1.54, 1.807) is 5.47 Å². The molecule has 4 heteroatoms. The number of anilines is 5. The maximum atomic E-state index is 2.66. The number of aryl methyl sites for hydroxylation is 2. The molecule has 290 valence electrons. The van der Waals surface area contributed by atoms with Gasteiger partial charge in [0.2, 0.25) is 0 Å². The van der Waals surface area contributed by atoms with Gasteiger partial charge in [0.25, 0.3) is 6.71 Å². The first-order valence-corrected chi connectivity index (χ1v) is 21.9. The number of thiophene rings is 1. The summed E-state index contributed by atoms with van der Waals surface area (Å²) in [7, 11) is 0. The smallest absolute Gasteiger partial charge is 0.260 e. The number of allylic oxidation sites excluding steroid dienone is 1. The van der Waals surface area contributed by atoms with E-state index in [0.29, 0.717) is 0 Å². The summed E-state index contributed by atoms with van der Waals surface area (Å²) in [5.74, 6) is 0. The van der Waals surface area contributed by atoms with Gasteiger partial charge in [0.15, 0.2) is 0 Å². The average Bonchev–Trinajstić information content (AvgIpc) is 3.51. The lowest BCUT2D eigenvalue weighted by molar-refractivity contribution is 0.589. The molecule has 0 bridgehead atoms. The molecule has 1 aromatic heterocycles. The summed E-state index contributed by atoms with van der Waals surface area (Å²) in [6.45, 7) is 30.4. The molecule has 3 heterocycles. The molecular formula is C53H59BN2S. The maximum absolute atomic E-state index is 2.66. The fourth-order valence-electron chi connectivity index (χ4n) is 9.47. The van der Waals surface area contributed by atoms with E-state index >= 15 is 0 Å². The molecule has 0 amide bonds. The van der Waals surface area contributed by atoms with E-state index in [2.05, 4.69) is 197 Å². The number of benzene rings is 5. The fraction of sp³-hybridized carbons (Fsp3) is 0.358. The summed E-state index contributed by atoms with van der Waals surface area (Å²) in [5, 5.41) is 1.37. The van der Waals surface area contributed by atoms with Crippen molar-refractivity contribution in [2.75, 3.05) is 9.80 Å². The Balaban J connectivity index is 1.39. The maximum Gasteiger partial charge on any atom is 0.260 e. The van der Waals surface area contributed by atoms with Crippen molar-refractivity contribution in [2.24, 2.45) is 0 Å². The lowest BCUT2D eigenvalue weighted by Gasteiger charge is -2.46. The van der Waals surface area contributed by atoms with Crippen molar-refractivity contribution >= 4 is 72.5 Å². The van der Waals surface area contributed by atoms with Gasteiger partial charge < -0.3 is 9.80 Å². The highest BCUT2D eigenvalue weighted by Crippen LogP contribution is 2.53. The number of hydrogen-bond donors (Lipinski definition) is 0. The zero-order valence-electron chi connectivity index (χ0n) is 36.5. The Morgan fingerprint density at radius 3 is 1.58 bits per heavy atom. The van der Waals surface area contributed by atoms with E-state index in [1.165, 1.54) is 93.4 Å². The van der Waals surface area contributed by atoms with Crippen LogP contribution in [0, 0.1) is 6.92 Å². The molecule has 1 aliphatic carbocycles. The molecule has 0 radical (unpaired) electrons. The summed E-state index contributed by atoms with van der Waals surface area (Å²) < 4.78 is 2.84. The van der Waals surface area contributed by atoms with Gasteiger partial charge >= 0.3 is 0 Å². The Morgan fingerprint density at radius 1 is 0.526 bits per heavy atom. The van der Waals surface area contributed by atoms with Gasteiger partial charge in [-0.2, -0.15) is 0 Å². The second kappa shape index (κ2) is 12.7. The minimum atomic E-state index is 0.0416. The van der Waals surface area contributed by atoms with Crippen LogP contribution in [0.3, 0.4) is 0 Å². The van der Waals surface area contributed by atoms with Crippen LogP contribution in [-0.2, 0) is 28.1 Å². The summed E-state index contributed by atoms with van der Waals surface area (Å²) in [4.78, 5) is 5.29. The third-order valence-corrected chi connectivity index (χ3v) is 14.1. The topological polar surface area (TPSA) is 6.48 Å². The standard InChI is InChI=1S/C53H59BN2S/c1-32-28-43-46-44(29-32)56(39-24-19-35(20-25-39)51(5,6)7)48-41-31-37(53(11,12)13)21-27-45(41)57-49(48)54(46)42-26-15-33-14-16-36(52(8,9)10)30-40(33)47(42)55(43)38-22-17-34(18-23-38)50(2,3)4/h14,16-25,27-31H,15,26H2,1-13H3. The van der Waals surface area contributed by atoms with Crippen molar-refractivity contribution in [2.45, 2.75) is 125 Å². The lowest BCUT2D eigenvalue weighted by Crippen LogP contribution is -2.55. The highest BCUT2D eigenvalue weighted by molar-refractivity contribution is 7.33. The number of hydrogen-bond acceptors (Lipinski definition) is 3. The average molecular weight is 767 g/mol. The highest BCUT2D eigenvalue weighted by atomic mass is 32.1. The first kappa shape index (κ1) is 38.0. The number of rotatable bonds is 2.